The van der Waals surface area contributed by atoms with Crippen molar-refractivity contribution < 1.29 is 0 Å². The molecule has 1 aromatic rings. The highest BCUT2D eigenvalue weighted by atomic mass is 127. The molecule has 0 N–H and O–H groups in total. The molecule has 0 amide bonds. The maximum atomic E-state index is 4.06. The van der Waals surface area contributed by atoms with E-state index < -0.39 is 0 Å². The molecular weight excluding hydrogens is 259 g/mol. The van der Waals surface area contributed by atoms with Gasteiger partial charge in [0.1, 0.15) is 0 Å². The van der Waals surface area contributed by atoms with Crippen molar-refractivity contribution >= 4 is 34.1 Å². The smallest absolute Gasteiger partial charge is 0.0887 e. The van der Waals surface area contributed by atoms with Gasteiger partial charge in [-0.3, -0.25) is 0 Å². The van der Waals surface area contributed by atoms with Gasteiger partial charge in [0.25, 0.3) is 0 Å². The van der Waals surface area contributed by atoms with Crippen LogP contribution in [-0.2, 0) is 4.43 Å². The van der Waals surface area contributed by atoms with Crippen molar-refractivity contribution in [3.8, 4) is 0 Å². The fourth-order valence-electron chi connectivity index (χ4n) is 0.964. The minimum atomic E-state index is 0.824. The van der Waals surface area contributed by atoms with Crippen LogP contribution in [-0.4, -0.2) is 9.59 Å². The lowest BCUT2D eigenvalue weighted by Crippen LogP contribution is -1.82. The van der Waals surface area contributed by atoms with E-state index in [4.69, 9.17) is 0 Å². The summed E-state index contributed by atoms with van der Waals surface area (Å²) in [7, 11) is 0. The zero-order valence-electron chi connectivity index (χ0n) is 5.38. The second-order valence-electron chi connectivity index (χ2n) is 2.49. The molecule has 0 aromatic carbocycles. The summed E-state index contributed by atoms with van der Waals surface area (Å²) in [5.41, 5.74) is 1.22. The molecule has 1 heterocycles. The second-order valence-corrected chi connectivity index (χ2v) is 4.04. The molecule has 4 heteroatoms. The molecule has 0 unspecified atom stereocenters. The number of aromatic nitrogens is 2. The van der Waals surface area contributed by atoms with E-state index in [0.29, 0.717) is 0 Å². The highest BCUT2D eigenvalue weighted by molar-refractivity contribution is 14.1. The van der Waals surface area contributed by atoms with Crippen molar-refractivity contribution in [2.75, 3.05) is 0 Å². The molecule has 1 fully saturated rings. The Morgan fingerprint density at radius 2 is 2.40 bits per heavy atom. The van der Waals surface area contributed by atoms with E-state index in [1.165, 1.54) is 23.4 Å². The van der Waals surface area contributed by atoms with Gasteiger partial charge in [-0.2, -0.15) is 0 Å². The Hall–Kier alpha value is 0.290. The Kier molecular flexibility index (Phi) is 1.90. The van der Waals surface area contributed by atoms with Crippen molar-refractivity contribution in [2.24, 2.45) is 0 Å². The van der Waals surface area contributed by atoms with Gasteiger partial charge < -0.3 is 0 Å². The van der Waals surface area contributed by atoms with Crippen molar-refractivity contribution in [1.29, 1.82) is 0 Å². The highest BCUT2D eigenvalue weighted by Crippen LogP contribution is 2.43. The summed E-state index contributed by atoms with van der Waals surface area (Å²) in [4.78, 5) is 1.44. The van der Waals surface area contributed by atoms with Gasteiger partial charge in [0.05, 0.1) is 10.6 Å². The maximum absolute atomic E-state index is 4.06. The lowest BCUT2D eigenvalue weighted by atomic mass is 10.3. The van der Waals surface area contributed by atoms with Gasteiger partial charge in [0.15, 0.2) is 0 Å². The van der Waals surface area contributed by atoms with E-state index in [2.05, 4.69) is 32.2 Å². The van der Waals surface area contributed by atoms with E-state index in [-0.39, 0.29) is 0 Å². The fraction of sp³-hybridized carbons (Fsp3) is 0.667. The average molecular weight is 266 g/mol. The predicted molar refractivity (Wildman–Crippen MR) is 49.6 cm³/mol. The van der Waals surface area contributed by atoms with E-state index >= 15 is 0 Å². The summed E-state index contributed by atoms with van der Waals surface area (Å²) in [5.74, 6) is 0.824. The summed E-state index contributed by atoms with van der Waals surface area (Å²) in [6.45, 7) is 0. The Balaban J connectivity index is 2.28. The number of hydrogen-bond acceptors (Lipinski definition) is 3. The molecule has 2 rings (SSSR count). The van der Waals surface area contributed by atoms with Crippen molar-refractivity contribution in [1.82, 2.24) is 9.59 Å². The van der Waals surface area contributed by atoms with E-state index in [0.717, 1.165) is 10.3 Å². The first kappa shape index (κ1) is 6.97. The first-order chi connectivity index (χ1) is 4.92. The first-order valence-electron chi connectivity index (χ1n) is 3.29. The molecule has 1 aliphatic rings. The summed E-state index contributed by atoms with van der Waals surface area (Å²) in [5, 5.41) is 4.06. The van der Waals surface area contributed by atoms with Crippen LogP contribution in [0.4, 0.5) is 0 Å². The van der Waals surface area contributed by atoms with Crippen LogP contribution < -0.4 is 0 Å². The number of alkyl halides is 1. The summed E-state index contributed by atoms with van der Waals surface area (Å²) in [6.07, 6.45) is 2.71. The van der Waals surface area contributed by atoms with Gasteiger partial charge >= 0.3 is 0 Å². The molecule has 10 heavy (non-hydrogen) atoms. The molecule has 1 aliphatic carbocycles. The molecule has 0 radical (unpaired) electrons. The maximum Gasteiger partial charge on any atom is 0.0887 e. The fourth-order valence-corrected chi connectivity index (χ4v) is 2.62. The van der Waals surface area contributed by atoms with Crippen LogP contribution in [0.2, 0.25) is 0 Å². The van der Waals surface area contributed by atoms with E-state index in [1.807, 2.05) is 0 Å². The van der Waals surface area contributed by atoms with Crippen LogP contribution in [0.15, 0.2) is 0 Å². The van der Waals surface area contributed by atoms with Crippen molar-refractivity contribution in [3.63, 3.8) is 0 Å². The molecule has 0 atom stereocenters. The summed E-state index contributed by atoms with van der Waals surface area (Å²) in [6, 6.07) is 0. The quantitative estimate of drug-likeness (QED) is 0.606. The van der Waals surface area contributed by atoms with Crippen LogP contribution in [0.25, 0.3) is 0 Å². The van der Waals surface area contributed by atoms with Gasteiger partial charge in [-0.25, -0.2) is 0 Å². The summed E-state index contributed by atoms with van der Waals surface area (Å²) < 4.78 is 4.96. The average Bonchev–Trinajstić information content (AvgIpc) is 2.69. The van der Waals surface area contributed by atoms with Gasteiger partial charge in [-0.15, -0.1) is 5.10 Å². The molecule has 0 spiro atoms. The number of rotatable bonds is 2. The molecule has 0 bridgehead atoms. The highest BCUT2D eigenvalue weighted by Gasteiger charge is 2.28. The SMILES string of the molecule is ICc1nnsc1C1CC1. The first-order valence-corrected chi connectivity index (χ1v) is 5.59. The Morgan fingerprint density at radius 3 is 3.00 bits per heavy atom. The molecule has 54 valence electrons. The standard InChI is InChI=1S/C6H7IN2S/c7-3-5-6(4-1-2-4)10-9-8-5/h4H,1-3H2. The largest absolute Gasteiger partial charge is 0.142 e. The molecular formula is C6H7IN2S. The van der Waals surface area contributed by atoms with Crippen LogP contribution in [0.1, 0.15) is 29.3 Å². The van der Waals surface area contributed by atoms with Gasteiger partial charge in [-0.1, -0.05) is 27.1 Å². The zero-order valence-corrected chi connectivity index (χ0v) is 8.35. The molecule has 0 saturated heterocycles. The molecule has 1 saturated carbocycles. The van der Waals surface area contributed by atoms with E-state index in [1.54, 1.807) is 11.5 Å². The lowest BCUT2D eigenvalue weighted by molar-refractivity contribution is 1.04. The molecule has 1 aromatic heterocycles. The van der Waals surface area contributed by atoms with Crippen LogP contribution in [0.3, 0.4) is 0 Å². The topological polar surface area (TPSA) is 25.8 Å². The third-order valence-electron chi connectivity index (χ3n) is 1.66. The molecule has 0 aliphatic heterocycles. The third kappa shape index (κ3) is 1.18. The minimum Gasteiger partial charge on any atom is -0.142 e. The van der Waals surface area contributed by atoms with E-state index in [9.17, 15) is 0 Å². The summed E-state index contributed by atoms with van der Waals surface area (Å²) >= 11 is 3.92. The van der Waals surface area contributed by atoms with Crippen molar-refractivity contribution in [2.45, 2.75) is 23.2 Å². The zero-order chi connectivity index (χ0) is 6.97. The van der Waals surface area contributed by atoms with Gasteiger partial charge in [-0.05, 0) is 30.3 Å². The monoisotopic (exact) mass is 266 g/mol. The van der Waals surface area contributed by atoms with Crippen molar-refractivity contribution in [3.05, 3.63) is 10.6 Å². The van der Waals surface area contributed by atoms with Gasteiger partial charge in [0, 0.05) is 4.43 Å². The Labute approximate surface area is 77.3 Å². The normalized spacial score (nSPS) is 17.7. The van der Waals surface area contributed by atoms with Crippen LogP contribution in [0.5, 0.6) is 0 Å². The minimum absolute atomic E-state index is 0.824. The molecule has 2 nitrogen and oxygen atoms in total. The lowest BCUT2D eigenvalue weighted by Gasteiger charge is -1.89. The predicted octanol–water partition coefficient (Wildman–Crippen LogP) is 2.35. The second kappa shape index (κ2) is 2.73. The van der Waals surface area contributed by atoms with Crippen LogP contribution >= 0.6 is 34.1 Å². The number of halogens is 1. The third-order valence-corrected chi connectivity index (χ3v) is 3.31. The number of hydrogen-bond donors (Lipinski definition) is 0. The van der Waals surface area contributed by atoms with Crippen LogP contribution in [0, 0.1) is 0 Å². The Morgan fingerprint density at radius 1 is 1.60 bits per heavy atom. The Bertz CT molecular complexity index is 231. The number of nitrogens with zero attached hydrogens (tertiary/aromatic N) is 2. The van der Waals surface area contributed by atoms with Gasteiger partial charge in [0.2, 0.25) is 0 Å².